The van der Waals surface area contributed by atoms with Gasteiger partial charge in [-0.1, -0.05) is 79.1 Å². The molecule has 0 heterocycles. The molecule has 0 saturated heterocycles. The van der Waals surface area contributed by atoms with Crippen LogP contribution in [0, 0.1) is 11.8 Å². The van der Waals surface area contributed by atoms with Crippen molar-refractivity contribution in [1.29, 1.82) is 0 Å². The second kappa shape index (κ2) is 35.6. The summed E-state index contributed by atoms with van der Waals surface area (Å²) in [5.74, 6) is -6.67. The van der Waals surface area contributed by atoms with Crippen LogP contribution >= 0.6 is 0 Å². The number of aliphatic carboxylic acids is 4. The van der Waals surface area contributed by atoms with Crippen molar-refractivity contribution in [2.24, 2.45) is 11.8 Å². The Labute approximate surface area is 321 Å². The molecule has 51 heavy (non-hydrogen) atoms. The Kier molecular flexibility index (Phi) is 37.7. The van der Waals surface area contributed by atoms with Gasteiger partial charge in [0.1, 0.15) is 11.2 Å². The fourth-order valence-corrected chi connectivity index (χ4v) is 9.53. The predicted octanol–water partition coefficient (Wildman–Crippen LogP) is 4.68. The average Bonchev–Trinajstić information content (AvgIpc) is 3.06. The first kappa shape index (κ1) is 53.9. The van der Waals surface area contributed by atoms with E-state index in [0.29, 0.717) is 12.8 Å². The van der Waals surface area contributed by atoms with E-state index in [4.69, 9.17) is 0 Å². The summed E-state index contributed by atoms with van der Waals surface area (Å²) in [4.78, 5) is 42.5. The Hall–Kier alpha value is -1.40. The molecule has 11 heteroatoms. The number of hydrogen-bond acceptors (Lipinski definition) is 10. The summed E-state index contributed by atoms with van der Waals surface area (Å²) in [6, 6.07) is 0. The van der Waals surface area contributed by atoms with Crippen LogP contribution in [0.4, 0.5) is 0 Å². The maximum absolute atomic E-state index is 10.8. The quantitative estimate of drug-likeness (QED) is 0.0709. The molecule has 0 aliphatic carbocycles. The number of carbonyl (C=O) groups is 4. The Morgan fingerprint density at radius 3 is 1.04 bits per heavy atom. The van der Waals surface area contributed by atoms with E-state index < -0.39 is 47.9 Å². The minimum absolute atomic E-state index is 0.0165. The van der Waals surface area contributed by atoms with Crippen molar-refractivity contribution in [2.75, 3.05) is 0 Å². The van der Waals surface area contributed by atoms with E-state index in [1.54, 1.807) is 21.7 Å². The first-order valence-electron chi connectivity index (χ1n) is 20.1. The van der Waals surface area contributed by atoms with E-state index in [9.17, 15) is 49.8 Å². The zero-order valence-corrected chi connectivity index (χ0v) is 36.1. The molecule has 2 N–H and O–H groups in total. The van der Waals surface area contributed by atoms with Crippen molar-refractivity contribution in [2.45, 2.75) is 216 Å². The van der Waals surface area contributed by atoms with Gasteiger partial charge in [0.05, 0.1) is 11.9 Å². The van der Waals surface area contributed by atoms with E-state index in [0.717, 1.165) is 38.5 Å². The fraction of sp³-hybridized carbons (Fsp3) is 0.900. The van der Waals surface area contributed by atoms with Crippen LogP contribution in [0.25, 0.3) is 0 Å². The molecule has 0 aromatic carbocycles. The molecule has 0 amide bonds. The molecule has 4 unspecified atom stereocenters. The van der Waals surface area contributed by atoms with E-state index in [1.807, 2.05) is 27.7 Å². The maximum atomic E-state index is 10.8. The minimum atomic E-state index is -2.31. The van der Waals surface area contributed by atoms with Gasteiger partial charge in [-0.3, -0.25) is 0 Å². The number of hydrogen-bond donors (Lipinski definition) is 2. The third-order valence-corrected chi connectivity index (χ3v) is 13.4. The Morgan fingerprint density at radius 2 is 0.784 bits per heavy atom. The molecule has 0 fully saturated rings. The second-order valence-electron chi connectivity index (χ2n) is 14.3. The van der Waals surface area contributed by atoms with Gasteiger partial charge >= 0.3 is 121 Å². The fourth-order valence-electron chi connectivity index (χ4n) is 5.96. The monoisotopic (exact) mass is 834 g/mol. The summed E-state index contributed by atoms with van der Waals surface area (Å²) < 4.78 is 3.31. The first-order chi connectivity index (χ1) is 24.1. The van der Waals surface area contributed by atoms with Crippen molar-refractivity contribution >= 4 is 45.0 Å². The Bertz CT molecular complexity index is 802. The molecule has 10 nitrogen and oxygen atoms in total. The van der Waals surface area contributed by atoms with Gasteiger partial charge in [-0.2, -0.15) is 0 Å². The van der Waals surface area contributed by atoms with Crippen LogP contribution in [0.5, 0.6) is 0 Å². The van der Waals surface area contributed by atoms with Gasteiger partial charge in [-0.05, 0) is 24.7 Å². The van der Waals surface area contributed by atoms with E-state index in [-0.39, 0.29) is 45.8 Å². The summed E-state index contributed by atoms with van der Waals surface area (Å²) >= 11 is 0.0736. The molecule has 0 bridgehead atoms. The molecule has 6 radical (unpaired) electrons. The van der Waals surface area contributed by atoms with Crippen molar-refractivity contribution in [3.63, 3.8) is 0 Å². The number of carbonyl (C=O) groups excluding carboxylic acids is 4. The van der Waals surface area contributed by atoms with Crippen LogP contribution < -0.4 is 20.4 Å². The van der Waals surface area contributed by atoms with Crippen LogP contribution in [0.2, 0.25) is 8.87 Å². The Morgan fingerprint density at radius 1 is 0.490 bits per heavy atom. The average molecular weight is 834 g/mol. The van der Waals surface area contributed by atoms with Crippen molar-refractivity contribution in [3.05, 3.63) is 0 Å². The number of aliphatic hydroxyl groups is 2. The third-order valence-electron chi connectivity index (χ3n) is 9.39. The van der Waals surface area contributed by atoms with E-state index in [2.05, 4.69) is 13.8 Å². The van der Waals surface area contributed by atoms with Gasteiger partial charge in [0.2, 0.25) is 0 Å². The molecular formula is C40H74O10Sn. The van der Waals surface area contributed by atoms with Crippen molar-refractivity contribution in [3.8, 4) is 0 Å². The van der Waals surface area contributed by atoms with E-state index >= 15 is 0 Å². The van der Waals surface area contributed by atoms with Gasteiger partial charge in [-0.15, -0.1) is 0 Å². The summed E-state index contributed by atoms with van der Waals surface area (Å²) in [5.41, 5.74) is -4.62. The van der Waals surface area contributed by atoms with Crippen molar-refractivity contribution < 1.29 is 49.8 Å². The normalized spacial score (nSPS) is 14.4. The zero-order chi connectivity index (χ0) is 39.6. The molecule has 0 aromatic heterocycles. The van der Waals surface area contributed by atoms with Crippen molar-refractivity contribution in [1.82, 2.24) is 0 Å². The summed E-state index contributed by atoms with van der Waals surface area (Å²) in [5, 5.41) is 62.1. The SMILES string of the molecule is CCCCC(CC)CC(O)(CC(=O)[O-])C(=O)[O-].CCCCC(CC)CC(O)(CC(=O)[O-])C(=O)[O-].CCCCCCC[CH2][Sn+4][CH2]CCCCCCC. The molecule has 0 spiro atoms. The molecule has 0 saturated carbocycles. The third kappa shape index (κ3) is 32.9. The van der Waals surface area contributed by atoms with Crippen LogP contribution in [-0.4, -0.2) is 66.4 Å². The molecule has 4 atom stereocenters. The number of rotatable bonds is 32. The van der Waals surface area contributed by atoms with Gasteiger partial charge in [0.15, 0.2) is 0 Å². The van der Waals surface area contributed by atoms with Gasteiger partial charge in [-0.25, -0.2) is 0 Å². The molecule has 298 valence electrons. The number of unbranched alkanes of at least 4 members (excludes halogenated alkanes) is 12. The molecule has 0 rings (SSSR count). The second-order valence-corrected chi connectivity index (χ2v) is 18.5. The van der Waals surface area contributed by atoms with Gasteiger partial charge in [0.25, 0.3) is 0 Å². The summed E-state index contributed by atoms with van der Waals surface area (Å²) in [6.07, 6.45) is 22.5. The Balaban J connectivity index is -0.000000678. The first-order valence-corrected chi connectivity index (χ1v) is 24.1. The van der Waals surface area contributed by atoms with Crippen LogP contribution in [0.1, 0.15) is 196 Å². The van der Waals surface area contributed by atoms with Crippen LogP contribution in [0.15, 0.2) is 0 Å². The zero-order valence-electron chi connectivity index (χ0n) is 33.2. The topological polar surface area (TPSA) is 201 Å². The predicted molar refractivity (Wildman–Crippen MR) is 197 cm³/mol. The standard InChI is InChI=1S/2C12H22O5.2C8H17.Sn/c2*1-3-5-6-9(4-2)7-12(17,11(15)16)8-10(13)14;2*1-3-5-7-8-6-4-2;/h2*9,17H,3-8H2,1-2H3,(H,13,14)(H,15,16);2*1,3-8H2,2H3;/q;;;;+4/p-4. The summed E-state index contributed by atoms with van der Waals surface area (Å²) in [7, 11) is 0. The number of carboxylic acids is 4. The van der Waals surface area contributed by atoms with E-state index in [1.165, 1.54) is 64.2 Å². The molecule has 0 aromatic rings. The van der Waals surface area contributed by atoms with Gasteiger partial charge in [0, 0.05) is 24.8 Å². The molecule has 0 aliphatic heterocycles. The summed E-state index contributed by atoms with van der Waals surface area (Å²) in [6.45, 7) is 12.4. The van der Waals surface area contributed by atoms with Crippen LogP contribution in [-0.2, 0) is 19.2 Å². The van der Waals surface area contributed by atoms with Gasteiger partial charge < -0.3 is 49.8 Å². The molecular weight excluding hydrogens is 759 g/mol. The van der Waals surface area contributed by atoms with Crippen LogP contribution in [0.3, 0.4) is 0 Å². The number of carboxylic acid groups (broad SMARTS) is 4. The molecule has 0 aliphatic rings.